The van der Waals surface area contributed by atoms with Crippen molar-refractivity contribution in [2.24, 2.45) is 0 Å². The minimum absolute atomic E-state index is 0.248. The quantitative estimate of drug-likeness (QED) is 0.794. The SMILES string of the molecule is Nc1c2c(nn1-c1ccc(F)cc1)CCC2. The molecular weight excluding hydrogens is 205 g/mol. The van der Waals surface area contributed by atoms with Crippen LogP contribution >= 0.6 is 0 Å². The maximum Gasteiger partial charge on any atom is 0.130 e. The van der Waals surface area contributed by atoms with E-state index in [-0.39, 0.29) is 5.82 Å². The van der Waals surface area contributed by atoms with Crippen LogP contribution in [0.5, 0.6) is 0 Å². The van der Waals surface area contributed by atoms with E-state index in [0.717, 1.165) is 36.2 Å². The molecule has 0 radical (unpaired) electrons. The third-order valence-corrected chi connectivity index (χ3v) is 3.02. The molecule has 0 unspecified atom stereocenters. The Morgan fingerprint density at radius 2 is 1.94 bits per heavy atom. The number of hydrogen-bond donors (Lipinski definition) is 1. The lowest BCUT2D eigenvalue weighted by Gasteiger charge is -2.04. The molecule has 0 atom stereocenters. The Kier molecular flexibility index (Phi) is 1.96. The fraction of sp³-hybridized carbons (Fsp3) is 0.250. The Morgan fingerprint density at radius 1 is 1.19 bits per heavy atom. The number of hydrogen-bond acceptors (Lipinski definition) is 2. The third kappa shape index (κ3) is 1.30. The molecule has 0 saturated heterocycles. The highest BCUT2D eigenvalue weighted by molar-refractivity contribution is 5.51. The first kappa shape index (κ1) is 9.39. The number of aryl methyl sites for hydroxylation is 1. The second-order valence-corrected chi connectivity index (χ2v) is 4.05. The highest BCUT2D eigenvalue weighted by Crippen LogP contribution is 2.28. The molecule has 0 amide bonds. The molecule has 0 aliphatic heterocycles. The number of halogens is 1. The van der Waals surface area contributed by atoms with Crippen molar-refractivity contribution in [3.05, 3.63) is 41.3 Å². The van der Waals surface area contributed by atoms with Crippen LogP contribution in [-0.4, -0.2) is 9.78 Å². The molecule has 1 heterocycles. The van der Waals surface area contributed by atoms with Gasteiger partial charge < -0.3 is 5.73 Å². The molecule has 4 heteroatoms. The smallest absolute Gasteiger partial charge is 0.130 e. The van der Waals surface area contributed by atoms with Gasteiger partial charge in [-0.15, -0.1) is 0 Å². The molecule has 2 N–H and O–H groups in total. The van der Waals surface area contributed by atoms with Crippen LogP contribution in [0.4, 0.5) is 10.2 Å². The van der Waals surface area contributed by atoms with Gasteiger partial charge >= 0.3 is 0 Å². The minimum Gasteiger partial charge on any atom is -0.383 e. The van der Waals surface area contributed by atoms with Gasteiger partial charge in [0.15, 0.2) is 0 Å². The van der Waals surface area contributed by atoms with Crippen LogP contribution in [0.1, 0.15) is 17.7 Å². The summed E-state index contributed by atoms with van der Waals surface area (Å²) in [6.45, 7) is 0. The van der Waals surface area contributed by atoms with Crippen molar-refractivity contribution < 1.29 is 4.39 Å². The summed E-state index contributed by atoms with van der Waals surface area (Å²) in [7, 11) is 0. The second kappa shape index (κ2) is 3.33. The van der Waals surface area contributed by atoms with Gasteiger partial charge in [0.2, 0.25) is 0 Å². The fourth-order valence-electron chi connectivity index (χ4n) is 2.20. The van der Waals surface area contributed by atoms with E-state index in [9.17, 15) is 4.39 Å². The van der Waals surface area contributed by atoms with Crippen molar-refractivity contribution in [2.75, 3.05) is 5.73 Å². The minimum atomic E-state index is -0.248. The third-order valence-electron chi connectivity index (χ3n) is 3.02. The number of benzene rings is 1. The number of rotatable bonds is 1. The first-order chi connectivity index (χ1) is 7.75. The predicted molar refractivity (Wildman–Crippen MR) is 60.0 cm³/mol. The van der Waals surface area contributed by atoms with E-state index < -0.39 is 0 Å². The van der Waals surface area contributed by atoms with Crippen molar-refractivity contribution in [1.82, 2.24) is 9.78 Å². The van der Waals surface area contributed by atoms with E-state index in [1.165, 1.54) is 12.1 Å². The summed E-state index contributed by atoms with van der Waals surface area (Å²) in [6.07, 6.45) is 3.13. The van der Waals surface area contributed by atoms with Gasteiger partial charge in [0.1, 0.15) is 11.6 Å². The largest absolute Gasteiger partial charge is 0.383 e. The van der Waals surface area contributed by atoms with Crippen molar-refractivity contribution in [3.63, 3.8) is 0 Å². The molecule has 82 valence electrons. The van der Waals surface area contributed by atoms with Gasteiger partial charge in [-0.3, -0.25) is 0 Å². The lowest BCUT2D eigenvalue weighted by Crippen LogP contribution is -2.03. The molecule has 1 aromatic carbocycles. The van der Waals surface area contributed by atoms with Crippen molar-refractivity contribution in [1.29, 1.82) is 0 Å². The van der Waals surface area contributed by atoms with Gasteiger partial charge in [0.05, 0.1) is 11.4 Å². The Hall–Kier alpha value is -1.84. The zero-order chi connectivity index (χ0) is 11.1. The Labute approximate surface area is 92.7 Å². The summed E-state index contributed by atoms with van der Waals surface area (Å²) in [5, 5.41) is 4.46. The number of nitrogens with zero attached hydrogens (tertiary/aromatic N) is 2. The molecule has 2 aromatic rings. The zero-order valence-corrected chi connectivity index (χ0v) is 8.78. The standard InChI is InChI=1S/C12H12FN3/c13-8-4-6-9(7-5-8)16-12(14)10-2-1-3-11(10)15-16/h4-7H,1-3,14H2. The fourth-order valence-corrected chi connectivity index (χ4v) is 2.20. The normalized spacial score (nSPS) is 14.1. The van der Waals surface area contributed by atoms with E-state index >= 15 is 0 Å². The van der Waals surface area contributed by atoms with Gasteiger partial charge in [-0.1, -0.05) is 0 Å². The summed E-state index contributed by atoms with van der Waals surface area (Å²) in [5.74, 6) is 0.445. The van der Waals surface area contributed by atoms with Crippen molar-refractivity contribution >= 4 is 5.82 Å². The maximum atomic E-state index is 12.8. The monoisotopic (exact) mass is 217 g/mol. The predicted octanol–water partition coefficient (Wildman–Crippen LogP) is 2.08. The molecular formula is C12H12FN3. The van der Waals surface area contributed by atoms with Gasteiger partial charge in [-0.2, -0.15) is 5.10 Å². The van der Waals surface area contributed by atoms with Gasteiger partial charge in [0.25, 0.3) is 0 Å². The summed E-state index contributed by atoms with van der Waals surface area (Å²) >= 11 is 0. The van der Waals surface area contributed by atoms with Crippen LogP contribution in [0.25, 0.3) is 5.69 Å². The summed E-state index contributed by atoms with van der Waals surface area (Å²) < 4.78 is 14.5. The van der Waals surface area contributed by atoms with Gasteiger partial charge in [0, 0.05) is 5.56 Å². The van der Waals surface area contributed by atoms with E-state index in [1.54, 1.807) is 16.8 Å². The maximum absolute atomic E-state index is 12.8. The van der Waals surface area contributed by atoms with Crippen LogP contribution in [0.2, 0.25) is 0 Å². The zero-order valence-electron chi connectivity index (χ0n) is 8.78. The van der Waals surface area contributed by atoms with E-state index in [1.807, 2.05) is 0 Å². The first-order valence-corrected chi connectivity index (χ1v) is 5.38. The average molecular weight is 217 g/mol. The molecule has 3 nitrogen and oxygen atoms in total. The molecule has 1 aliphatic rings. The highest BCUT2D eigenvalue weighted by atomic mass is 19.1. The molecule has 16 heavy (non-hydrogen) atoms. The lowest BCUT2D eigenvalue weighted by atomic mass is 10.2. The Morgan fingerprint density at radius 3 is 2.62 bits per heavy atom. The molecule has 1 aromatic heterocycles. The number of anilines is 1. The summed E-state index contributed by atoms with van der Waals surface area (Å²) in [5.41, 5.74) is 9.09. The average Bonchev–Trinajstić information content (AvgIpc) is 2.84. The van der Waals surface area contributed by atoms with Crippen molar-refractivity contribution in [3.8, 4) is 5.69 Å². The van der Waals surface area contributed by atoms with E-state index in [0.29, 0.717) is 5.82 Å². The number of nitrogens with two attached hydrogens (primary N) is 1. The van der Waals surface area contributed by atoms with Gasteiger partial charge in [-0.05, 0) is 43.5 Å². The van der Waals surface area contributed by atoms with Crippen LogP contribution in [-0.2, 0) is 12.8 Å². The molecule has 3 rings (SSSR count). The van der Waals surface area contributed by atoms with Crippen molar-refractivity contribution in [2.45, 2.75) is 19.3 Å². The molecule has 0 saturated carbocycles. The summed E-state index contributed by atoms with van der Waals surface area (Å²) in [4.78, 5) is 0. The van der Waals surface area contributed by atoms with Crippen LogP contribution in [0.3, 0.4) is 0 Å². The Bertz CT molecular complexity index is 528. The van der Waals surface area contributed by atoms with Crippen LogP contribution in [0.15, 0.2) is 24.3 Å². The molecule has 1 aliphatic carbocycles. The first-order valence-electron chi connectivity index (χ1n) is 5.38. The van der Waals surface area contributed by atoms with E-state index in [2.05, 4.69) is 5.10 Å². The lowest BCUT2D eigenvalue weighted by molar-refractivity contribution is 0.627. The van der Waals surface area contributed by atoms with E-state index in [4.69, 9.17) is 5.73 Å². The number of aromatic nitrogens is 2. The second-order valence-electron chi connectivity index (χ2n) is 4.05. The Balaban J connectivity index is 2.10. The van der Waals surface area contributed by atoms with Gasteiger partial charge in [-0.25, -0.2) is 9.07 Å². The number of fused-ring (bicyclic) bond motifs is 1. The molecule has 0 fully saturated rings. The molecule has 0 bridgehead atoms. The highest BCUT2D eigenvalue weighted by Gasteiger charge is 2.20. The number of nitrogen functional groups attached to an aromatic ring is 1. The summed E-state index contributed by atoms with van der Waals surface area (Å²) in [6, 6.07) is 6.21. The van der Waals surface area contributed by atoms with Crippen LogP contribution < -0.4 is 5.73 Å². The topological polar surface area (TPSA) is 43.8 Å². The van der Waals surface area contributed by atoms with Crippen LogP contribution in [0, 0.1) is 5.82 Å². The molecule has 0 spiro atoms.